The van der Waals surface area contributed by atoms with Gasteiger partial charge >= 0.3 is 0 Å². The Balaban J connectivity index is -0.000000200. The van der Waals surface area contributed by atoms with Gasteiger partial charge in [0, 0.05) is 12.8 Å². The van der Waals surface area contributed by atoms with Crippen LogP contribution in [0.3, 0.4) is 0 Å². The lowest BCUT2D eigenvalue weighted by molar-refractivity contribution is 0.000975. The van der Waals surface area contributed by atoms with Crippen molar-refractivity contribution in [2.24, 2.45) is 11.8 Å². The third kappa shape index (κ3) is 29.2. The summed E-state index contributed by atoms with van der Waals surface area (Å²) >= 11 is 0. The largest absolute Gasteiger partial charge is 0.245 e. The molecule has 0 nitrogen and oxygen atoms in total. The van der Waals surface area contributed by atoms with Gasteiger partial charge in [-0.25, -0.2) is 17.6 Å². The van der Waals surface area contributed by atoms with E-state index in [0.29, 0.717) is 0 Å². The molecule has 0 aromatic carbocycles. The van der Waals surface area contributed by atoms with Crippen molar-refractivity contribution in [1.82, 2.24) is 0 Å². The molecule has 102 valence electrons. The third-order valence-electron chi connectivity index (χ3n) is 1.42. The molecule has 0 bridgehead atoms. The standard InChI is InChI=1S/C6H12F2.C5H10F2.CH4/c1-5(2)4-6(3,7)8;1-4(2)3-5(6)7;/h5H,4H2,1-3H3;4-5H,3H2,1-2H3;1H4. The summed E-state index contributed by atoms with van der Waals surface area (Å²) in [6.07, 6.45) is -2.10. The molecule has 0 aliphatic carbocycles. The molecule has 0 unspecified atom stereocenters. The predicted molar refractivity (Wildman–Crippen MR) is 62.3 cm³/mol. The van der Waals surface area contributed by atoms with Gasteiger partial charge in [-0.15, -0.1) is 0 Å². The second-order valence-electron chi connectivity index (χ2n) is 4.69. The molecule has 0 saturated carbocycles. The van der Waals surface area contributed by atoms with Crippen molar-refractivity contribution in [1.29, 1.82) is 0 Å². The lowest BCUT2D eigenvalue weighted by Gasteiger charge is -2.11. The van der Waals surface area contributed by atoms with Crippen molar-refractivity contribution in [2.45, 2.75) is 67.2 Å². The van der Waals surface area contributed by atoms with Gasteiger partial charge in [0.2, 0.25) is 12.3 Å². The van der Waals surface area contributed by atoms with Crippen molar-refractivity contribution >= 4 is 0 Å². The summed E-state index contributed by atoms with van der Waals surface area (Å²) in [5, 5.41) is 0. The van der Waals surface area contributed by atoms with Gasteiger partial charge in [0.05, 0.1) is 0 Å². The van der Waals surface area contributed by atoms with Crippen LogP contribution in [0.25, 0.3) is 0 Å². The number of hydrogen-bond donors (Lipinski definition) is 0. The van der Waals surface area contributed by atoms with E-state index < -0.39 is 12.3 Å². The van der Waals surface area contributed by atoms with Gasteiger partial charge in [0.25, 0.3) is 0 Å². The molecule has 16 heavy (non-hydrogen) atoms. The van der Waals surface area contributed by atoms with E-state index >= 15 is 0 Å². The molecule has 0 saturated heterocycles. The molecule has 0 aromatic rings. The van der Waals surface area contributed by atoms with E-state index in [1.54, 1.807) is 27.7 Å². The first kappa shape index (κ1) is 21.1. The Morgan fingerprint density at radius 3 is 1.31 bits per heavy atom. The minimum Gasteiger partial charge on any atom is -0.211 e. The minimum absolute atomic E-state index is 0. The molecule has 0 aliphatic rings. The smallest absolute Gasteiger partial charge is 0.211 e. The van der Waals surface area contributed by atoms with Crippen LogP contribution in [0.2, 0.25) is 0 Å². The first-order valence-electron chi connectivity index (χ1n) is 5.20. The molecular formula is C12H26F4. The van der Waals surface area contributed by atoms with Gasteiger partial charge in [-0.2, -0.15) is 0 Å². The molecule has 4 heteroatoms. The van der Waals surface area contributed by atoms with Crippen molar-refractivity contribution in [3.05, 3.63) is 0 Å². The maximum atomic E-state index is 12.0. The highest BCUT2D eigenvalue weighted by molar-refractivity contribution is 4.59. The maximum absolute atomic E-state index is 12.0. The van der Waals surface area contributed by atoms with Crippen molar-refractivity contribution in [3.63, 3.8) is 0 Å². The number of rotatable bonds is 4. The topological polar surface area (TPSA) is 0 Å². The van der Waals surface area contributed by atoms with Crippen LogP contribution in [-0.4, -0.2) is 12.3 Å². The average Bonchev–Trinajstić information content (AvgIpc) is 1.76. The first-order valence-corrected chi connectivity index (χ1v) is 5.20. The van der Waals surface area contributed by atoms with Gasteiger partial charge in [0.1, 0.15) is 0 Å². The molecule has 0 aromatic heterocycles. The summed E-state index contributed by atoms with van der Waals surface area (Å²) in [6, 6.07) is 0. The molecule has 0 aliphatic heterocycles. The first-order chi connectivity index (χ1) is 6.54. The van der Waals surface area contributed by atoms with E-state index in [1.807, 2.05) is 0 Å². The fourth-order valence-electron chi connectivity index (χ4n) is 1.07. The molecule has 0 N–H and O–H groups in total. The van der Waals surface area contributed by atoms with Gasteiger partial charge < -0.3 is 0 Å². The second kappa shape index (κ2) is 9.91. The van der Waals surface area contributed by atoms with Gasteiger partial charge in [-0.1, -0.05) is 35.1 Å². The maximum Gasteiger partial charge on any atom is 0.245 e. The van der Waals surface area contributed by atoms with Crippen molar-refractivity contribution in [2.75, 3.05) is 0 Å². The lowest BCUT2D eigenvalue weighted by atomic mass is 10.1. The van der Waals surface area contributed by atoms with Crippen LogP contribution < -0.4 is 0 Å². The third-order valence-corrected chi connectivity index (χ3v) is 1.42. The van der Waals surface area contributed by atoms with Gasteiger partial charge in [-0.3, -0.25) is 0 Å². The highest BCUT2D eigenvalue weighted by atomic mass is 19.3. The molecule has 0 radical (unpaired) electrons. The van der Waals surface area contributed by atoms with Crippen molar-refractivity contribution in [3.8, 4) is 0 Å². The number of halogens is 4. The molecule has 0 heterocycles. The Bertz CT molecular complexity index is 130. The molecule has 0 fully saturated rings. The quantitative estimate of drug-likeness (QED) is 0.564. The van der Waals surface area contributed by atoms with Gasteiger partial charge in [0.15, 0.2) is 0 Å². The van der Waals surface area contributed by atoms with Gasteiger partial charge in [-0.05, 0) is 18.8 Å². The molecule has 0 rings (SSSR count). The van der Waals surface area contributed by atoms with E-state index in [0.717, 1.165) is 6.92 Å². The normalized spacial score (nSPS) is 11.2. The zero-order chi connectivity index (χ0) is 12.6. The van der Waals surface area contributed by atoms with Crippen LogP contribution in [0.15, 0.2) is 0 Å². The van der Waals surface area contributed by atoms with E-state index in [1.165, 1.54) is 0 Å². The lowest BCUT2D eigenvalue weighted by Crippen LogP contribution is -2.12. The fourth-order valence-corrected chi connectivity index (χ4v) is 1.07. The zero-order valence-electron chi connectivity index (χ0n) is 10.2. The average molecular weight is 246 g/mol. The van der Waals surface area contributed by atoms with Crippen LogP contribution in [0.1, 0.15) is 54.9 Å². The van der Waals surface area contributed by atoms with E-state index in [-0.39, 0.29) is 32.1 Å². The Morgan fingerprint density at radius 2 is 1.31 bits per heavy atom. The monoisotopic (exact) mass is 246 g/mol. The minimum atomic E-state index is -2.48. The Morgan fingerprint density at radius 1 is 0.938 bits per heavy atom. The highest BCUT2D eigenvalue weighted by Crippen LogP contribution is 2.21. The van der Waals surface area contributed by atoms with Crippen LogP contribution in [0.4, 0.5) is 17.6 Å². The SMILES string of the molecule is C.CC(C)CC(C)(F)F.CC(C)CC(F)F. The van der Waals surface area contributed by atoms with E-state index in [4.69, 9.17) is 0 Å². The summed E-state index contributed by atoms with van der Waals surface area (Å²) in [6.45, 7) is 8.10. The van der Waals surface area contributed by atoms with Crippen LogP contribution >= 0.6 is 0 Å². The summed E-state index contributed by atoms with van der Waals surface area (Å²) in [4.78, 5) is 0. The van der Waals surface area contributed by atoms with Crippen molar-refractivity contribution < 1.29 is 17.6 Å². The summed E-state index contributed by atoms with van der Waals surface area (Å²) < 4.78 is 46.5. The Labute approximate surface area is 97.4 Å². The van der Waals surface area contributed by atoms with E-state index in [2.05, 4.69) is 0 Å². The highest BCUT2D eigenvalue weighted by Gasteiger charge is 2.21. The Kier molecular flexibility index (Phi) is 13.0. The molecule has 0 spiro atoms. The van der Waals surface area contributed by atoms with Crippen LogP contribution in [0, 0.1) is 11.8 Å². The van der Waals surface area contributed by atoms with E-state index in [9.17, 15) is 17.6 Å². The van der Waals surface area contributed by atoms with Crippen LogP contribution in [0.5, 0.6) is 0 Å². The zero-order valence-corrected chi connectivity index (χ0v) is 10.2. The summed E-state index contributed by atoms with van der Waals surface area (Å²) in [7, 11) is 0. The number of hydrogen-bond acceptors (Lipinski definition) is 0. The predicted octanol–water partition coefficient (Wildman–Crippen LogP) is 5.62. The summed E-state index contributed by atoms with van der Waals surface area (Å²) in [5.74, 6) is -2.26. The van der Waals surface area contributed by atoms with Crippen LogP contribution in [-0.2, 0) is 0 Å². The molecule has 0 atom stereocenters. The summed E-state index contributed by atoms with van der Waals surface area (Å²) in [5.41, 5.74) is 0. The molecule has 0 amide bonds. The molecular weight excluding hydrogens is 220 g/mol. The fraction of sp³-hybridized carbons (Fsp3) is 1.00. The second-order valence-corrected chi connectivity index (χ2v) is 4.69. The number of alkyl halides is 4. The Hall–Kier alpha value is -0.280.